The first-order chi connectivity index (χ1) is 5.93. The van der Waals surface area contributed by atoms with Gasteiger partial charge in [0.1, 0.15) is 11.9 Å². The number of rotatable bonds is 5. The van der Waals surface area contributed by atoms with Crippen LogP contribution in [0.1, 0.15) is 26.7 Å². The first-order valence-electron chi connectivity index (χ1n) is 3.98. The van der Waals surface area contributed by atoms with E-state index in [1.54, 1.807) is 0 Å². The Morgan fingerprint density at radius 2 is 1.85 bits per heavy atom. The summed E-state index contributed by atoms with van der Waals surface area (Å²) in [6.45, 7) is 2.65. The predicted octanol–water partition coefficient (Wildman–Crippen LogP) is -0.402. The predicted molar refractivity (Wildman–Crippen MR) is 43.7 cm³/mol. The van der Waals surface area contributed by atoms with Crippen LogP contribution in [0.3, 0.4) is 0 Å². The van der Waals surface area contributed by atoms with Crippen LogP contribution in [-0.4, -0.2) is 34.4 Å². The van der Waals surface area contributed by atoms with Crippen LogP contribution in [0.2, 0.25) is 0 Å². The average Bonchev–Trinajstić information content (AvgIpc) is 2.00. The summed E-state index contributed by atoms with van der Waals surface area (Å²) >= 11 is 0. The topological polar surface area (TPSA) is 83.8 Å². The van der Waals surface area contributed by atoms with Crippen LogP contribution in [0.5, 0.6) is 0 Å². The van der Waals surface area contributed by atoms with E-state index >= 15 is 0 Å². The van der Waals surface area contributed by atoms with Gasteiger partial charge in [-0.3, -0.25) is 4.79 Å². The molecule has 0 amide bonds. The molecule has 0 aromatic rings. The highest BCUT2D eigenvalue weighted by Gasteiger charge is 2.15. The first-order valence-corrected chi connectivity index (χ1v) is 3.98. The minimum absolute atomic E-state index is 0.0703. The van der Waals surface area contributed by atoms with Crippen LogP contribution in [0, 0.1) is 0 Å². The summed E-state index contributed by atoms with van der Waals surface area (Å²) in [6, 6.07) is 0. The number of aliphatic hydroxyl groups is 2. The van der Waals surface area contributed by atoms with Crippen molar-refractivity contribution in [2.24, 2.45) is 0 Å². The Morgan fingerprint density at radius 3 is 2.23 bits per heavy atom. The van der Waals surface area contributed by atoms with Gasteiger partial charge in [-0.1, -0.05) is 0 Å². The number of aliphatic hydroxyl groups excluding tert-OH is 2. The van der Waals surface area contributed by atoms with Crippen LogP contribution >= 0.6 is 0 Å². The molecule has 2 N–H and O–H groups in total. The van der Waals surface area contributed by atoms with Crippen molar-refractivity contribution in [3.8, 4) is 0 Å². The Hall–Kier alpha value is -0.940. The molecule has 0 aromatic heterocycles. The van der Waals surface area contributed by atoms with E-state index < -0.39 is 18.4 Å². The Labute approximate surface area is 76.3 Å². The van der Waals surface area contributed by atoms with Crippen molar-refractivity contribution >= 4 is 11.8 Å². The smallest absolute Gasteiger partial charge is 0.308 e. The molecule has 0 saturated carbocycles. The standard InChI is InChI=1S/C8H14O5/c1-5(9)3-4-7(11)13-8(12)6(2)10/h6,8,10,12H,3-4H2,1-2H3. The fraction of sp³-hybridized carbons (Fsp3) is 0.750. The number of carbonyl (C=O) groups is 2. The van der Waals surface area contributed by atoms with Gasteiger partial charge in [-0.15, -0.1) is 0 Å². The number of hydrogen-bond acceptors (Lipinski definition) is 5. The lowest BCUT2D eigenvalue weighted by molar-refractivity contribution is -0.184. The minimum Gasteiger partial charge on any atom is -0.433 e. The summed E-state index contributed by atoms with van der Waals surface area (Å²) in [5, 5.41) is 17.6. The Morgan fingerprint density at radius 1 is 1.31 bits per heavy atom. The summed E-state index contributed by atoms with van der Waals surface area (Å²) in [4.78, 5) is 21.3. The maximum Gasteiger partial charge on any atom is 0.308 e. The Kier molecular flexibility index (Phi) is 5.25. The van der Waals surface area contributed by atoms with Gasteiger partial charge in [-0.05, 0) is 13.8 Å². The summed E-state index contributed by atoms with van der Waals surface area (Å²) in [5.41, 5.74) is 0. The zero-order valence-corrected chi connectivity index (χ0v) is 7.69. The molecule has 0 saturated heterocycles. The van der Waals surface area contributed by atoms with Gasteiger partial charge in [0.15, 0.2) is 0 Å². The van der Waals surface area contributed by atoms with E-state index in [0.29, 0.717) is 0 Å². The second kappa shape index (κ2) is 5.66. The molecule has 0 spiro atoms. The zero-order chi connectivity index (χ0) is 10.4. The van der Waals surface area contributed by atoms with Crippen LogP contribution < -0.4 is 0 Å². The van der Waals surface area contributed by atoms with Crippen LogP contribution in [0.4, 0.5) is 0 Å². The van der Waals surface area contributed by atoms with E-state index in [9.17, 15) is 9.59 Å². The van der Waals surface area contributed by atoms with Crippen molar-refractivity contribution in [1.82, 2.24) is 0 Å². The van der Waals surface area contributed by atoms with Crippen LogP contribution in [0.15, 0.2) is 0 Å². The van der Waals surface area contributed by atoms with Crippen molar-refractivity contribution in [1.29, 1.82) is 0 Å². The first kappa shape index (κ1) is 12.1. The summed E-state index contributed by atoms with van der Waals surface area (Å²) in [5.74, 6) is -0.813. The Bertz CT molecular complexity index is 187. The van der Waals surface area contributed by atoms with E-state index in [2.05, 4.69) is 4.74 Å². The van der Waals surface area contributed by atoms with Crippen LogP contribution in [-0.2, 0) is 14.3 Å². The van der Waals surface area contributed by atoms with Gasteiger partial charge in [0.05, 0.1) is 6.42 Å². The molecule has 0 bridgehead atoms. The van der Waals surface area contributed by atoms with E-state index in [1.165, 1.54) is 13.8 Å². The number of hydrogen-bond donors (Lipinski definition) is 2. The molecule has 0 aromatic carbocycles. The normalized spacial score (nSPS) is 14.8. The Balaban J connectivity index is 3.68. The third-order valence-electron chi connectivity index (χ3n) is 1.35. The van der Waals surface area contributed by atoms with Crippen molar-refractivity contribution in [2.45, 2.75) is 39.1 Å². The molecule has 0 aliphatic rings. The molecule has 2 unspecified atom stereocenters. The largest absolute Gasteiger partial charge is 0.433 e. The maximum absolute atomic E-state index is 10.8. The van der Waals surface area contributed by atoms with E-state index in [-0.39, 0.29) is 18.6 Å². The highest BCUT2D eigenvalue weighted by Crippen LogP contribution is 2.00. The van der Waals surface area contributed by atoms with Crippen molar-refractivity contribution < 1.29 is 24.5 Å². The van der Waals surface area contributed by atoms with E-state index in [1.807, 2.05) is 0 Å². The third-order valence-corrected chi connectivity index (χ3v) is 1.35. The molecule has 0 heterocycles. The highest BCUT2D eigenvalue weighted by atomic mass is 16.6. The van der Waals surface area contributed by atoms with Gasteiger partial charge in [-0.25, -0.2) is 0 Å². The number of carbonyl (C=O) groups excluding carboxylic acids is 2. The van der Waals surface area contributed by atoms with Gasteiger partial charge in [-0.2, -0.15) is 0 Å². The third kappa shape index (κ3) is 6.24. The highest BCUT2D eigenvalue weighted by molar-refractivity contribution is 5.80. The van der Waals surface area contributed by atoms with Gasteiger partial charge in [0.25, 0.3) is 0 Å². The fourth-order valence-corrected chi connectivity index (χ4v) is 0.570. The van der Waals surface area contributed by atoms with E-state index in [4.69, 9.17) is 10.2 Å². The van der Waals surface area contributed by atoms with Gasteiger partial charge in [0, 0.05) is 6.42 Å². The quantitative estimate of drug-likeness (QED) is 0.455. The van der Waals surface area contributed by atoms with Crippen molar-refractivity contribution in [3.63, 3.8) is 0 Å². The summed E-state index contributed by atoms with van der Waals surface area (Å²) in [7, 11) is 0. The molecule has 13 heavy (non-hydrogen) atoms. The molecule has 0 rings (SSSR count). The zero-order valence-electron chi connectivity index (χ0n) is 7.69. The molecule has 2 atom stereocenters. The minimum atomic E-state index is -1.51. The average molecular weight is 190 g/mol. The molecule has 5 heteroatoms. The van der Waals surface area contributed by atoms with Crippen molar-refractivity contribution in [2.75, 3.05) is 0 Å². The molecule has 0 aliphatic carbocycles. The number of ketones is 1. The number of ether oxygens (including phenoxy) is 1. The second-order valence-corrected chi connectivity index (χ2v) is 2.82. The lowest BCUT2D eigenvalue weighted by atomic mass is 10.2. The lowest BCUT2D eigenvalue weighted by Crippen LogP contribution is -2.28. The number of esters is 1. The SMILES string of the molecule is CC(=O)CCC(=O)OC(O)C(C)O. The molecule has 76 valence electrons. The van der Waals surface area contributed by atoms with E-state index in [0.717, 1.165) is 0 Å². The fourth-order valence-electron chi connectivity index (χ4n) is 0.570. The van der Waals surface area contributed by atoms with Gasteiger partial charge in [0.2, 0.25) is 6.29 Å². The summed E-state index contributed by atoms with van der Waals surface area (Å²) in [6.07, 6.45) is -2.62. The molecular weight excluding hydrogens is 176 g/mol. The maximum atomic E-state index is 10.8. The van der Waals surface area contributed by atoms with Crippen molar-refractivity contribution in [3.05, 3.63) is 0 Å². The second-order valence-electron chi connectivity index (χ2n) is 2.82. The lowest BCUT2D eigenvalue weighted by Gasteiger charge is -2.13. The van der Waals surface area contributed by atoms with Crippen LogP contribution in [0.25, 0.3) is 0 Å². The summed E-state index contributed by atoms with van der Waals surface area (Å²) < 4.78 is 4.38. The van der Waals surface area contributed by atoms with Gasteiger partial charge >= 0.3 is 5.97 Å². The molecule has 0 aliphatic heterocycles. The van der Waals surface area contributed by atoms with Gasteiger partial charge < -0.3 is 19.7 Å². The molecule has 5 nitrogen and oxygen atoms in total. The number of Topliss-reactive ketones (excluding diaryl/α,β-unsaturated/α-hetero) is 1. The molecule has 0 fully saturated rings. The molecule has 0 radical (unpaired) electrons. The molecular formula is C8H14O5. The monoisotopic (exact) mass is 190 g/mol.